The van der Waals surface area contributed by atoms with E-state index in [0.29, 0.717) is 11.1 Å². The van der Waals surface area contributed by atoms with Crippen molar-refractivity contribution in [1.82, 2.24) is 0 Å². The third-order valence-corrected chi connectivity index (χ3v) is 2.38. The molecule has 5 nitrogen and oxygen atoms in total. The van der Waals surface area contributed by atoms with Crippen LogP contribution in [0.2, 0.25) is 0 Å². The smallest absolute Gasteiger partial charge is 0.337 e. The summed E-state index contributed by atoms with van der Waals surface area (Å²) in [5.74, 6) is -0.900. The first-order valence-corrected chi connectivity index (χ1v) is 5.60. The predicted octanol–water partition coefficient (Wildman–Crippen LogP) is 1.46. The number of rotatable bonds is 5. The minimum atomic E-state index is -0.934. The summed E-state index contributed by atoms with van der Waals surface area (Å²) < 4.78 is 9.30. The van der Waals surface area contributed by atoms with Crippen LogP contribution in [0.25, 0.3) is 0 Å². The van der Waals surface area contributed by atoms with Gasteiger partial charge in [0.15, 0.2) is 0 Å². The van der Waals surface area contributed by atoms with Crippen LogP contribution < -0.4 is 0 Å². The summed E-state index contributed by atoms with van der Waals surface area (Å²) in [5, 5.41) is 9.79. The Balaban J connectivity index is 2.67. The lowest BCUT2D eigenvalue weighted by Crippen LogP contribution is -2.10. The van der Waals surface area contributed by atoms with Gasteiger partial charge < -0.3 is 14.6 Å². The van der Waals surface area contributed by atoms with E-state index in [1.807, 2.05) is 0 Å². The van der Waals surface area contributed by atoms with Crippen LogP contribution in [0, 0.1) is 0 Å². The van der Waals surface area contributed by atoms with Crippen LogP contribution in [-0.4, -0.2) is 30.8 Å². The second-order valence-electron chi connectivity index (χ2n) is 3.64. The van der Waals surface area contributed by atoms with Crippen molar-refractivity contribution in [3.05, 3.63) is 35.4 Å². The fourth-order valence-electron chi connectivity index (χ4n) is 1.45. The van der Waals surface area contributed by atoms with Gasteiger partial charge in [0, 0.05) is 0 Å². The van der Waals surface area contributed by atoms with Crippen molar-refractivity contribution in [2.75, 3.05) is 13.7 Å². The topological polar surface area (TPSA) is 72.8 Å². The molecule has 0 spiro atoms. The van der Waals surface area contributed by atoms with E-state index in [0.717, 1.165) is 0 Å². The van der Waals surface area contributed by atoms with E-state index in [2.05, 4.69) is 4.74 Å². The highest BCUT2D eigenvalue weighted by molar-refractivity contribution is 5.89. The number of ether oxygens (including phenoxy) is 2. The van der Waals surface area contributed by atoms with E-state index in [4.69, 9.17) is 4.74 Å². The molecule has 1 rings (SSSR count). The second kappa shape index (κ2) is 6.76. The Labute approximate surface area is 105 Å². The maximum Gasteiger partial charge on any atom is 0.337 e. The standard InChI is InChI=1S/C13H16O5/c1-3-18-12(15)8-11(14)9-4-6-10(7-5-9)13(16)17-2/h4-7,11,14H,3,8H2,1-2H3. The minimum Gasteiger partial charge on any atom is -0.466 e. The highest BCUT2D eigenvalue weighted by atomic mass is 16.5. The lowest BCUT2D eigenvalue weighted by Gasteiger charge is -2.10. The predicted molar refractivity (Wildman–Crippen MR) is 64.0 cm³/mol. The molecule has 1 N–H and O–H groups in total. The molecular formula is C13H16O5. The molecule has 0 radical (unpaired) electrons. The molecule has 0 aliphatic rings. The third kappa shape index (κ3) is 3.85. The molecule has 0 heterocycles. The zero-order valence-corrected chi connectivity index (χ0v) is 10.4. The second-order valence-corrected chi connectivity index (χ2v) is 3.64. The first-order chi connectivity index (χ1) is 8.58. The number of aliphatic hydroxyl groups excluding tert-OH is 1. The molecule has 0 aliphatic carbocycles. The van der Waals surface area contributed by atoms with E-state index >= 15 is 0 Å². The zero-order chi connectivity index (χ0) is 13.5. The van der Waals surface area contributed by atoms with Crippen LogP contribution in [0.5, 0.6) is 0 Å². The average Bonchev–Trinajstić information content (AvgIpc) is 2.38. The lowest BCUT2D eigenvalue weighted by atomic mass is 10.0. The molecule has 0 fully saturated rings. The van der Waals surface area contributed by atoms with Crippen molar-refractivity contribution in [2.45, 2.75) is 19.4 Å². The summed E-state index contributed by atoms with van der Waals surface area (Å²) in [6, 6.07) is 6.23. The van der Waals surface area contributed by atoms with Crippen molar-refractivity contribution < 1.29 is 24.2 Å². The number of carbonyl (C=O) groups is 2. The Bertz CT molecular complexity index is 410. The first kappa shape index (κ1) is 14.2. The molecule has 0 bridgehead atoms. The van der Waals surface area contributed by atoms with Gasteiger partial charge in [-0.25, -0.2) is 4.79 Å². The molecule has 98 valence electrons. The summed E-state index contributed by atoms with van der Waals surface area (Å²) >= 11 is 0. The fourth-order valence-corrected chi connectivity index (χ4v) is 1.45. The van der Waals surface area contributed by atoms with Gasteiger partial charge in [0.05, 0.1) is 31.8 Å². The molecule has 5 heteroatoms. The number of methoxy groups -OCH3 is 1. The van der Waals surface area contributed by atoms with Crippen LogP contribution in [0.4, 0.5) is 0 Å². The molecule has 18 heavy (non-hydrogen) atoms. The molecule has 1 unspecified atom stereocenters. The van der Waals surface area contributed by atoms with Crippen LogP contribution in [0.1, 0.15) is 35.4 Å². The molecule has 1 atom stereocenters. The number of carbonyl (C=O) groups excluding carboxylic acids is 2. The van der Waals surface area contributed by atoms with Crippen LogP contribution in [0.15, 0.2) is 24.3 Å². The van der Waals surface area contributed by atoms with Crippen molar-refractivity contribution >= 4 is 11.9 Å². The molecule has 0 saturated carbocycles. The van der Waals surface area contributed by atoms with Crippen LogP contribution in [-0.2, 0) is 14.3 Å². The molecule has 1 aromatic carbocycles. The maximum absolute atomic E-state index is 11.2. The fraction of sp³-hybridized carbons (Fsp3) is 0.385. The van der Waals surface area contributed by atoms with Gasteiger partial charge in [-0.2, -0.15) is 0 Å². The molecule has 0 aromatic heterocycles. The van der Waals surface area contributed by atoms with Gasteiger partial charge >= 0.3 is 11.9 Å². The monoisotopic (exact) mass is 252 g/mol. The number of aliphatic hydroxyl groups is 1. The van der Waals surface area contributed by atoms with Gasteiger partial charge in [-0.1, -0.05) is 12.1 Å². The van der Waals surface area contributed by atoms with E-state index in [-0.39, 0.29) is 13.0 Å². The number of esters is 2. The van der Waals surface area contributed by atoms with Crippen LogP contribution in [0.3, 0.4) is 0 Å². The van der Waals surface area contributed by atoms with E-state index in [1.165, 1.54) is 19.2 Å². The largest absolute Gasteiger partial charge is 0.466 e. The van der Waals surface area contributed by atoms with Crippen molar-refractivity contribution in [3.63, 3.8) is 0 Å². The summed E-state index contributed by atoms with van der Waals surface area (Å²) in [4.78, 5) is 22.4. The number of benzene rings is 1. The van der Waals surface area contributed by atoms with E-state index < -0.39 is 18.0 Å². The quantitative estimate of drug-likeness (QED) is 0.803. The summed E-state index contributed by atoms with van der Waals surface area (Å²) in [7, 11) is 1.30. The van der Waals surface area contributed by atoms with E-state index in [9.17, 15) is 14.7 Å². The van der Waals surface area contributed by atoms with Crippen molar-refractivity contribution in [3.8, 4) is 0 Å². The SMILES string of the molecule is CCOC(=O)CC(O)c1ccc(C(=O)OC)cc1. The maximum atomic E-state index is 11.2. The van der Waals surface area contributed by atoms with Gasteiger partial charge in [0.25, 0.3) is 0 Å². The first-order valence-electron chi connectivity index (χ1n) is 5.60. The van der Waals surface area contributed by atoms with Crippen molar-refractivity contribution in [2.24, 2.45) is 0 Å². The Morgan fingerprint density at radius 1 is 1.28 bits per heavy atom. The van der Waals surface area contributed by atoms with Crippen LogP contribution >= 0.6 is 0 Å². The van der Waals surface area contributed by atoms with E-state index in [1.54, 1.807) is 19.1 Å². The van der Waals surface area contributed by atoms with Crippen molar-refractivity contribution in [1.29, 1.82) is 0 Å². The Morgan fingerprint density at radius 2 is 1.89 bits per heavy atom. The summed E-state index contributed by atoms with van der Waals surface area (Å²) in [5.41, 5.74) is 0.945. The number of hydrogen-bond donors (Lipinski definition) is 1. The Morgan fingerprint density at radius 3 is 2.39 bits per heavy atom. The third-order valence-electron chi connectivity index (χ3n) is 2.38. The number of hydrogen-bond acceptors (Lipinski definition) is 5. The molecule has 1 aromatic rings. The van der Waals surface area contributed by atoms with Gasteiger partial charge in [0.2, 0.25) is 0 Å². The van der Waals surface area contributed by atoms with Gasteiger partial charge in [-0.3, -0.25) is 4.79 Å². The average molecular weight is 252 g/mol. The minimum absolute atomic E-state index is 0.106. The molecule has 0 amide bonds. The van der Waals surface area contributed by atoms with Gasteiger partial charge in [-0.05, 0) is 24.6 Å². The highest BCUT2D eigenvalue weighted by Crippen LogP contribution is 2.18. The Hall–Kier alpha value is -1.88. The summed E-state index contributed by atoms with van der Waals surface area (Å²) in [6.07, 6.45) is -1.04. The molecule has 0 aliphatic heterocycles. The molecule has 0 saturated heterocycles. The normalized spacial score (nSPS) is 11.7. The van der Waals surface area contributed by atoms with Gasteiger partial charge in [-0.15, -0.1) is 0 Å². The highest BCUT2D eigenvalue weighted by Gasteiger charge is 2.14. The zero-order valence-electron chi connectivity index (χ0n) is 10.4. The summed E-state index contributed by atoms with van der Waals surface area (Å²) in [6.45, 7) is 1.99. The molecular weight excluding hydrogens is 236 g/mol. The Kier molecular flexibility index (Phi) is 5.32. The lowest BCUT2D eigenvalue weighted by molar-refractivity contribution is -0.145. The van der Waals surface area contributed by atoms with Gasteiger partial charge in [0.1, 0.15) is 0 Å².